The molecule has 0 fully saturated rings. The van der Waals surface area contributed by atoms with Gasteiger partial charge in [0, 0.05) is 21.3 Å². The highest BCUT2D eigenvalue weighted by molar-refractivity contribution is 9.10. The lowest BCUT2D eigenvalue weighted by molar-refractivity contribution is -0.131. The van der Waals surface area contributed by atoms with Crippen molar-refractivity contribution in [1.29, 1.82) is 0 Å². The van der Waals surface area contributed by atoms with Crippen molar-refractivity contribution in [2.75, 3.05) is 19.5 Å². The summed E-state index contributed by atoms with van der Waals surface area (Å²) in [5, 5.41) is 7.68. The normalized spacial score (nSPS) is 11.6. The monoisotopic (exact) mass is 607 g/mol. The van der Waals surface area contributed by atoms with Crippen molar-refractivity contribution in [2.45, 2.75) is 13.5 Å². The van der Waals surface area contributed by atoms with Crippen molar-refractivity contribution < 1.29 is 23.8 Å². The predicted molar refractivity (Wildman–Crippen MR) is 148 cm³/mol. The van der Waals surface area contributed by atoms with E-state index in [0.29, 0.717) is 43.0 Å². The number of hydrogen-bond donors (Lipinski definition) is 2. The quantitative estimate of drug-likeness (QED) is 0.165. The Hall–Kier alpha value is -3.27. The van der Waals surface area contributed by atoms with Crippen LogP contribution in [0.4, 0.5) is 5.69 Å². The zero-order valence-electron chi connectivity index (χ0n) is 20.2. The van der Waals surface area contributed by atoms with Crippen LogP contribution in [0.5, 0.6) is 17.2 Å². The number of hydrogen-bond acceptors (Lipinski definition) is 6. The van der Waals surface area contributed by atoms with E-state index < -0.39 is 17.7 Å². The summed E-state index contributed by atoms with van der Waals surface area (Å²) in [4.78, 5) is 24.8. The molecular formula is C26H24BrCl2N3O5. The number of carbonyl (C=O) groups excluding carboxylic acids is 2. The highest BCUT2D eigenvalue weighted by atomic mass is 79.9. The van der Waals surface area contributed by atoms with Crippen LogP contribution in [0.15, 0.2) is 64.2 Å². The van der Waals surface area contributed by atoms with E-state index in [1.54, 1.807) is 61.7 Å². The highest BCUT2D eigenvalue weighted by Gasteiger charge is 2.21. The van der Waals surface area contributed by atoms with Crippen molar-refractivity contribution in [3.8, 4) is 17.2 Å². The zero-order chi connectivity index (χ0) is 26.9. The molecule has 2 amide bonds. The van der Waals surface area contributed by atoms with E-state index in [1.807, 2.05) is 0 Å². The smallest absolute Gasteiger partial charge is 0.252 e. The number of nitrogens with one attached hydrogen (secondary N) is 2. The van der Waals surface area contributed by atoms with Gasteiger partial charge in [0.25, 0.3) is 5.91 Å². The van der Waals surface area contributed by atoms with E-state index in [-0.39, 0.29) is 6.61 Å². The Kier molecular flexibility index (Phi) is 10.2. The second-order valence-corrected chi connectivity index (χ2v) is 9.43. The van der Waals surface area contributed by atoms with Crippen molar-refractivity contribution >= 4 is 62.8 Å². The fraction of sp³-hybridized carbons (Fsp3) is 0.192. The van der Waals surface area contributed by atoms with Crippen molar-refractivity contribution in [3.63, 3.8) is 0 Å². The summed E-state index contributed by atoms with van der Waals surface area (Å²) < 4.78 is 17.1. The number of ether oxygens (including phenoxy) is 3. The Balaban J connectivity index is 1.60. The van der Waals surface area contributed by atoms with E-state index in [9.17, 15) is 9.59 Å². The number of hydrazone groups is 1. The molecule has 8 nitrogen and oxygen atoms in total. The van der Waals surface area contributed by atoms with Crippen LogP contribution < -0.4 is 25.0 Å². The summed E-state index contributed by atoms with van der Waals surface area (Å²) in [6, 6.07) is 15.4. The minimum absolute atomic E-state index is 0.199. The molecule has 0 aliphatic rings. The van der Waals surface area contributed by atoms with Gasteiger partial charge in [0.15, 0.2) is 11.5 Å². The van der Waals surface area contributed by atoms with Gasteiger partial charge in [0.2, 0.25) is 5.91 Å². The number of amides is 2. The van der Waals surface area contributed by atoms with Gasteiger partial charge in [-0.2, -0.15) is 5.10 Å². The molecule has 194 valence electrons. The number of benzene rings is 3. The molecule has 2 N–H and O–H groups in total. The lowest BCUT2D eigenvalue weighted by Crippen LogP contribution is -2.34. The van der Waals surface area contributed by atoms with Gasteiger partial charge in [0.05, 0.1) is 24.9 Å². The van der Waals surface area contributed by atoms with Crippen molar-refractivity contribution in [1.82, 2.24) is 5.43 Å². The zero-order valence-corrected chi connectivity index (χ0v) is 23.3. The van der Waals surface area contributed by atoms with Crippen LogP contribution in [0.2, 0.25) is 10.0 Å². The SMILES string of the molecule is COc1ccc(NC(=O)C(C)C(=O)NN=Cc2cc(Br)c(OCc3ccc(Cl)cc3Cl)c(OC)c2)cc1. The maximum atomic E-state index is 12.4. The van der Waals surface area contributed by atoms with Crippen molar-refractivity contribution in [3.05, 3.63) is 80.2 Å². The second kappa shape index (κ2) is 13.3. The summed E-state index contributed by atoms with van der Waals surface area (Å²) in [6.45, 7) is 1.69. The van der Waals surface area contributed by atoms with Crippen LogP contribution in [0.1, 0.15) is 18.1 Å². The Morgan fingerprint density at radius 2 is 1.76 bits per heavy atom. The molecular weight excluding hydrogens is 585 g/mol. The predicted octanol–water partition coefficient (Wildman–Crippen LogP) is 6.08. The van der Waals surface area contributed by atoms with E-state index in [4.69, 9.17) is 37.4 Å². The summed E-state index contributed by atoms with van der Waals surface area (Å²) in [5.41, 5.74) is 4.31. The molecule has 1 atom stereocenters. The summed E-state index contributed by atoms with van der Waals surface area (Å²) in [5.74, 6) is -0.432. The maximum Gasteiger partial charge on any atom is 0.252 e. The first kappa shape index (κ1) is 28.3. The van der Waals surface area contributed by atoms with Gasteiger partial charge in [-0.1, -0.05) is 29.3 Å². The van der Waals surface area contributed by atoms with E-state index in [2.05, 4.69) is 31.8 Å². The van der Waals surface area contributed by atoms with Crippen LogP contribution in [0.3, 0.4) is 0 Å². The molecule has 0 aromatic heterocycles. The average molecular weight is 609 g/mol. The van der Waals surface area contributed by atoms with E-state index >= 15 is 0 Å². The number of methoxy groups -OCH3 is 2. The third kappa shape index (κ3) is 7.85. The fourth-order valence-corrected chi connectivity index (χ4v) is 4.09. The molecule has 3 aromatic carbocycles. The number of halogens is 3. The fourth-order valence-electron chi connectivity index (χ4n) is 3.05. The largest absolute Gasteiger partial charge is 0.497 e. The number of nitrogens with zero attached hydrogens (tertiary/aromatic N) is 1. The Morgan fingerprint density at radius 3 is 2.41 bits per heavy atom. The van der Waals surface area contributed by atoms with Crippen LogP contribution in [0, 0.1) is 5.92 Å². The van der Waals surface area contributed by atoms with Crippen LogP contribution in [-0.2, 0) is 16.2 Å². The second-order valence-electron chi connectivity index (χ2n) is 7.73. The minimum atomic E-state index is -0.976. The van der Waals surface area contributed by atoms with Crippen molar-refractivity contribution in [2.24, 2.45) is 11.0 Å². The molecule has 0 radical (unpaired) electrons. The third-order valence-corrected chi connectivity index (χ3v) is 6.35. The number of rotatable bonds is 10. The Bertz CT molecular complexity index is 1300. The first-order valence-corrected chi connectivity index (χ1v) is 12.5. The summed E-state index contributed by atoms with van der Waals surface area (Å²) in [6.07, 6.45) is 1.43. The van der Waals surface area contributed by atoms with Gasteiger partial charge < -0.3 is 19.5 Å². The van der Waals surface area contributed by atoms with Crippen LogP contribution in [0.25, 0.3) is 0 Å². The summed E-state index contributed by atoms with van der Waals surface area (Å²) in [7, 11) is 3.06. The molecule has 0 saturated carbocycles. The maximum absolute atomic E-state index is 12.4. The lowest BCUT2D eigenvalue weighted by atomic mass is 10.1. The number of carbonyl (C=O) groups is 2. The molecule has 0 saturated heterocycles. The molecule has 3 aromatic rings. The van der Waals surface area contributed by atoms with Crippen LogP contribution in [-0.4, -0.2) is 32.2 Å². The molecule has 0 bridgehead atoms. The first-order valence-electron chi connectivity index (χ1n) is 10.9. The van der Waals surface area contributed by atoms with E-state index in [0.717, 1.165) is 5.56 Å². The average Bonchev–Trinajstić information content (AvgIpc) is 2.88. The van der Waals surface area contributed by atoms with Gasteiger partial charge in [-0.3, -0.25) is 9.59 Å². The van der Waals surface area contributed by atoms with Crippen LogP contribution >= 0.6 is 39.1 Å². The van der Waals surface area contributed by atoms with E-state index in [1.165, 1.54) is 20.2 Å². The molecule has 37 heavy (non-hydrogen) atoms. The molecule has 0 heterocycles. The van der Waals surface area contributed by atoms with Gasteiger partial charge in [0.1, 0.15) is 18.3 Å². The lowest BCUT2D eigenvalue weighted by Gasteiger charge is -2.14. The molecule has 0 aliphatic heterocycles. The molecule has 1 unspecified atom stereocenters. The summed E-state index contributed by atoms with van der Waals surface area (Å²) >= 11 is 15.6. The van der Waals surface area contributed by atoms with Gasteiger partial charge in [-0.25, -0.2) is 5.43 Å². The first-order chi connectivity index (χ1) is 17.7. The Labute approximate surface area is 233 Å². The Morgan fingerprint density at radius 1 is 1.03 bits per heavy atom. The number of anilines is 1. The van der Waals surface area contributed by atoms with Gasteiger partial charge in [-0.15, -0.1) is 0 Å². The van der Waals surface area contributed by atoms with Gasteiger partial charge >= 0.3 is 0 Å². The van der Waals surface area contributed by atoms with Gasteiger partial charge in [-0.05, 0) is 76.9 Å². The molecule has 11 heteroatoms. The standard InChI is InChI=1S/C26H24BrCl2N3O5/c1-15(25(33)31-19-6-8-20(35-2)9-7-19)26(34)32-30-13-16-10-21(27)24(23(11-16)36-3)37-14-17-4-5-18(28)12-22(17)29/h4-13,15H,14H2,1-3H3,(H,31,33)(H,32,34). The molecule has 3 rings (SSSR count). The minimum Gasteiger partial charge on any atom is -0.497 e. The molecule has 0 spiro atoms. The molecule has 0 aliphatic carbocycles. The highest BCUT2D eigenvalue weighted by Crippen LogP contribution is 2.37. The topological polar surface area (TPSA) is 98.2 Å². The third-order valence-electron chi connectivity index (χ3n) is 5.17.